The number of carbonyl (C=O) groups excluding carboxylic acids is 1. The van der Waals surface area contributed by atoms with Crippen LogP contribution in [0.25, 0.3) is 0 Å². The predicted octanol–water partition coefficient (Wildman–Crippen LogP) is 2.96. The summed E-state index contributed by atoms with van der Waals surface area (Å²) in [5.74, 6) is -1.06. The number of benzene rings is 1. The molecule has 1 aromatic rings. The van der Waals surface area contributed by atoms with E-state index in [0.29, 0.717) is 5.69 Å². The molecule has 0 spiro atoms. The molecule has 5 nitrogen and oxygen atoms in total. The highest BCUT2D eigenvalue weighted by molar-refractivity contribution is 6.34. The average Bonchev–Trinajstić information content (AvgIpc) is 2.88. The predicted molar refractivity (Wildman–Crippen MR) is 72.8 cm³/mol. The first kappa shape index (κ1) is 13.7. The number of rotatable bonds is 3. The van der Waals surface area contributed by atoms with Crippen LogP contribution in [0.2, 0.25) is 5.02 Å². The molecule has 1 aliphatic carbocycles. The zero-order chi connectivity index (χ0) is 14.2. The molecule has 6 heteroatoms. The van der Waals surface area contributed by atoms with E-state index < -0.39 is 5.97 Å². The van der Waals surface area contributed by atoms with Crippen LogP contribution in [0.15, 0.2) is 18.2 Å². The normalized spacial score (nSPS) is 19.6. The quantitative estimate of drug-likeness (QED) is 0.797. The molecule has 0 aromatic heterocycles. The number of hydrogen-bond acceptors (Lipinski definition) is 2. The molecule has 2 amide bonds. The first-order valence-electron chi connectivity index (χ1n) is 5.90. The SMILES string of the molecule is CC1(C)CC1NC(=O)Nc1ccc(C(=O)O)cc1Cl. The van der Waals surface area contributed by atoms with Gasteiger partial charge in [0.2, 0.25) is 0 Å². The van der Waals surface area contributed by atoms with Crippen LogP contribution in [0.5, 0.6) is 0 Å². The minimum atomic E-state index is -1.06. The monoisotopic (exact) mass is 282 g/mol. The molecule has 19 heavy (non-hydrogen) atoms. The molecule has 0 radical (unpaired) electrons. The number of carboxylic acid groups (broad SMARTS) is 1. The van der Waals surface area contributed by atoms with E-state index in [-0.39, 0.29) is 28.1 Å². The van der Waals surface area contributed by atoms with Crippen LogP contribution < -0.4 is 10.6 Å². The number of nitrogens with one attached hydrogen (secondary N) is 2. The van der Waals surface area contributed by atoms with Crippen LogP contribution >= 0.6 is 11.6 Å². The number of urea groups is 1. The fourth-order valence-electron chi connectivity index (χ4n) is 1.78. The van der Waals surface area contributed by atoms with Gasteiger partial charge in [-0.05, 0) is 30.0 Å². The van der Waals surface area contributed by atoms with Crippen molar-refractivity contribution >= 4 is 29.3 Å². The van der Waals surface area contributed by atoms with Gasteiger partial charge in [-0.25, -0.2) is 9.59 Å². The molecule has 2 rings (SSSR count). The fourth-order valence-corrected chi connectivity index (χ4v) is 2.01. The Labute approximate surface area is 116 Å². The molecule has 0 heterocycles. The molecule has 1 saturated carbocycles. The van der Waals surface area contributed by atoms with Gasteiger partial charge < -0.3 is 15.7 Å². The molecular weight excluding hydrogens is 268 g/mol. The van der Waals surface area contributed by atoms with Crippen molar-refractivity contribution < 1.29 is 14.7 Å². The van der Waals surface area contributed by atoms with Crippen LogP contribution in [0.3, 0.4) is 0 Å². The van der Waals surface area contributed by atoms with Crippen molar-refractivity contribution in [1.29, 1.82) is 0 Å². The van der Waals surface area contributed by atoms with E-state index in [4.69, 9.17) is 16.7 Å². The highest BCUT2D eigenvalue weighted by Crippen LogP contribution is 2.44. The van der Waals surface area contributed by atoms with Crippen LogP contribution in [0, 0.1) is 5.41 Å². The van der Waals surface area contributed by atoms with Crippen LogP contribution in [-0.4, -0.2) is 23.1 Å². The number of hydrogen-bond donors (Lipinski definition) is 3. The maximum Gasteiger partial charge on any atom is 0.335 e. The first-order chi connectivity index (χ1) is 8.79. The topological polar surface area (TPSA) is 78.4 Å². The lowest BCUT2D eigenvalue weighted by Gasteiger charge is -2.10. The van der Waals surface area contributed by atoms with Gasteiger partial charge in [-0.15, -0.1) is 0 Å². The van der Waals surface area contributed by atoms with Gasteiger partial charge in [-0.1, -0.05) is 25.4 Å². The van der Waals surface area contributed by atoms with Crippen molar-refractivity contribution in [3.05, 3.63) is 28.8 Å². The van der Waals surface area contributed by atoms with E-state index in [9.17, 15) is 9.59 Å². The Morgan fingerprint density at radius 2 is 2.05 bits per heavy atom. The molecule has 1 aliphatic rings. The molecule has 3 N–H and O–H groups in total. The van der Waals surface area contributed by atoms with E-state index in [1.54, 1.807) is 0 Å². The molecule has 0 saturated heterocycles. The molecular formula is C13H15ClN2O3. The van der Waals surface area contributed by atoms with Gasteiger partial charge in [0.15, 0.2) is 0 Å². The van der Waals surface area contributed by atoms with E-state index in [1.807, 2.05) is 0 Å². The highest BCUT2D eigenvalue weighted by atomic mass is 35.5. The Kier molecular flexibility index (Phi) is 3.41. The van der Waals surface area contributed by atoms with Crippen molar-refractivity contribution in [3.63, 3.8) is 0 Å². The summed E-state index contributed by atoms with van der Waals surface area (Å²) in [6.07, 6.45) is 0.951. The van der Waals surface area contributed by atoms with Gasteiger partial charge >= 0.3 is 12.0 Å². The minimum Gasteiger partial charge on any atom is -0.478 e. The highest BCUT2D eigenvalue weighted by Gasteiger charge is 2.46. The largest absolute Gasteiger partial charge is 0.478 e. The van der Waals surface area contributed by atoms with Gasteiger partial charge in [0.25, 0.3) is 0 Å². The van der Waals surface area contributed by atoms with Crippen molar-refractivity contribution in [2.45, 2.75) is 26.3 Å². The lowest BCUT2D eigenvalue weighted by molar-refractivity contribution is 0.0697. The third-order valence-corrected chi connectivity index (χ3v) is 3.60. The summed E-state index contributed by atoms with van der Waals surface area (Å²) < 4.78 is 0. The minimum absolute atomic E-state index is 0.0827. The van der Waals surface area contributed by atoms with Crippen LogP contribution in [0.4, 0.5) is 10.5 Å². The summed E-state index contributed by atoms with van der Waals surface area (Å²) in [5.41, 5.74) is 0.621. The maximum absolute atomic E-state index is 11.7. The number of carbonyl (C=O) groups is 2. The van der Waals surface area contributed by atoms with Gasteiger partial charge in [-0.2, -0.15) is 0 Å². The standard InChI is InChI=1S/C13H15ClN2O3/c1-13(2)6-10(13)16-12(19)15-9-4-3-7(11(17)18)5-8(9)14/h3-5,10H,6H2,1-2H3,(H,17,18)(H2,15,16,19). The summed E-state index contributed by atoms with van der Waals surface area (Å²) in [5, 5.41) is 14.5. The van der Waals surface area contributed by atoms with Crippen molar-refractivity contribution in [2.75, 3.05) is 5.32 Å². The summed E-state index contributed by atoms with van der Waals surface area (Å²) in [4.78, 5) is 22.5. The lowest BCUT2D eigenvalue weighted by atomic mass is 10.2. The van der Waals surface area contributed by atoms with E-state index >= 15 is 0 Å². The molecule has 102 valence electrons. The van der Waals surface area contributed by atoms with Crippen molar-refractivity contribution in [2.24, 2.45) is 5.41 Å². The van der Waals surface area contributed by atoms with E-state index in [2.05, 4.69) is 24.5 Å². The Morgan fingerprint density at radius 3 is 2.53 bits per heavy atom. The summed E-state index contributed by atoms with van der Waals surface area (Å²) in [6, 6.07) is 4.01. The van der Waals surface area contributed by atoms with Crippen molar-refractivity contribution in [3.8, 4) is 0 Å². The number of carboxylic acids is 1. The third kappa shape index (κ3) is 3.17. The van der Waals surface area contributed by atoms with Gasteiger partial charge in [0, 0.05) is 6.04 Å². The Balaban J connectivity index is 1.99. The van der Waals surface area contributed by atoms with E-state index in [1.165, 1.54) is 18.2 Å². The second-order valence-corrected chi connectivity index (χ2v) is 5.75. The molecule has 0 bridgehead atoms. The lowest BCUT2D eigenvalue weighted by Crippen LogP contribution is -2.32. The number of amides is 2. The zero-order valence-corrected chi connectivity index (χ0v) is 11.4. The summed E-state index contributed by atoms with van der Waals surface area (Å²) >= 11 is 5.92. The number of aromatic carboxylic acids is 1. The Bertz CT molecular complexity index is 543. The van der Waals surface area contributed by atoms with Crippen LogP contribution in [-0.2, 0) is 0 Å². The second-order valence-electron chi connectivity index (χ2n) is 5.34. The average molecular weight is 283 g/mol. The number of anilines is 1. The zero-order valence-electron chi connectivity index (χ0n) is 10.7. The third-order valence-electron chi connectivity index (χ3n) is 3.28. The smallest absolute Gasteiger partial charge is 0.335 e. The number of halogens is 1. The summed E-state index contributed by atoms with van der Waals surface area (Å²) in [6.45, 7) is 4.15. The summed E-state index contributed by atoms with van der Waals surface area (Å²) in [7, 11) is 0. The molecule has 1 unspecified atom stereocenters. The molecule has 1 aromatic carbocycles. The fraction of sp³-hybridized carbons (Fsp3) is 0.385. The van der Waals surface area contributed by atoms with Gasteiger partial charge in [0.05, 0.1) is 16.3 Å². The molecule has 1 fully saturated rings. The van der Waals surface area contributed by atoms with E-state index in [0.717, 1.165) is 6.42 Å². The van der Waals surface area contributed by atoms with Gasteiger partial charge in [0.1, 0.15) is 0 Å². The second kappa shape index (κ2) is 4.74. The Hall–Kier alpha value is -1.75. The van der Waals surface area contributed by atoms with Crippen LogP contribution in [0.1, 0.15) is 30.6 Å². The Morgan fingerprint density at radius 1 is 1.42 bits per heavy atom. The molecule has 0 aliphatic heterocycles. The van der Waals surface area contributed by atoms with Crippen molar-refractivity contribution in [1.82, 2.24) is 5.32 Å². The van der Waals surface area contributed by atoms with Gasteiger partial charge in [-0.3, -0.25) is 0 Å². The molecule has 1 atom stereocenters. The first-order valence-corrected chi connectivity index (χ1v) is 6.28. The maximum atomic E-state index is 11.7.